The third kappa shape index (κ3) is 8.01. The Morgan fingerprint density at radius 2 is 1.09 bits per heavy atom. The number of benzene rings is 3. The van der Waals surface area contributed by atoms with Gasteiger partial charge in [0.2, 0.25) is 0 Å². The number of hydrogen-bond acceptors (Lipinski definition) is 3. The molecule has 3 rings (SSSR count). The monoisotopic (exact) mass is 580 g/mol. The molecule has 186 valence electrons. The normalized spacial score (nSPS) is 13.2. The molecule has 0 fully saturated rings. The zero-order chi connectivity index (χ0) is 24.8. The van der Waals surface area contributed by atoms with E-state index >= 15 is 0 Å². The van der Waals surface area contributed by atoms with Crippen molar-refractivity contribution >= 4 is 10.0 Å². The van der Waals surface area contributed by atoms with Gasteiger partial charge < -0.3 is 5.73 Å². The van der Waals surface area contributed by atoms with E-state index in [9.17, 15) is 21.6 Å². The summed E-state index contributed by atoms with van der Waals surface area (Å²) >= 11 is 0. The summed E-state index contributed by atoms with van der Waals surface area (Å²) in [6.45, 7) is 8.62. The van der Waals surface area contributed by atoms with E-state index in [0.29, 0.717) is 11.1 Å². The molecule has 2 atom stereocenters. The zero-order valence-corrected chi connectivity index (χ0v) is 21.9. The van der Waals surface area contributed by atoms with Crippen molar-refractivity contribution in [3.8, 4) is 0 Å². The van der Waals surface area contributed by atoms with E-state index in [2.05, 4.69) is 39.8 Å². The van der Waals surface area contributed by atoms with Gasteiger partial charge in [-0.25, -0.2) is 8.42 Å². The third-order valence-electron chi connectivity index (χ3n) is 5.40. The molecular weight excluding hydrogens is 550 g/mol. The molecule has 3 N–H and O–H groups in total. The van der Waals surface area contributed by atoms with Crippen LogP contribution in [-0.2, 0) is 29.5 Å². The van der Waals surface area contributed by atoms with Crippen LogP contribution in [0.25, 0.3) is 0 Å². The molecule has 0 spiro atoms. The van der Waals surface area contributed by atoms with Crippen molar-refractivity contribution in [3.63, 3.8) is 0 Å². The predicted octanol–water partition coefficient (Wildman–Crippen LogP) is 5.78. The minimum Gasteiger partial charge on any atom is -0.322 e. The second kappa shape index (κ2) is 12.6. The van der Waals surface area contributed by atoms with Crippen molar-refractivity contribution in [3.05, 3.63) is 106 Å². The number of alkyl halides is 3. The van der Waals surface area contributed by atoms with E-state index in [0.717, 1.165) is 0 Å². The molecule has 34 heavy (non-hydrogen) atoms. The number of nitrogens with two attached hydrogens (primary N) is 1. The Morgan fingerprint density at radius 1 is 0.735 bits per heavy atom. The fourth-order valence-corrected chi connectivity index (χ4v) is 3.97. The fourth-order valence-electron chi connectivity index (χ4n) is 3.22. The molecule has 0 amide bonds. The Bertz CT molecular complexity index is 1110. The summed E-state index contributed by atoms with van der Waals surface area (Å²) < 4.78 is 62.7. The van der Waals surface area contributed by atoms with Crippen LogP contribution < -0.4 is 10.5 Å². The summed E-state index contributed by atoms with van der Waals surface area (Å²) in [6, 6.07) is 18.5. The van der Waals surface area contributed by atoms with Crippen molar-refractivity contribution in [1.29, 1.82) is 0 Å². The van der Waals surface area contributed by atoms with Gasteiger partial charge in [-0.3, -0.25) is 0 Å². The molecule has 0 aliphatic carbocycles. The molecule has 0 unspecified atom stereocenters. The van der Waals surface area contributed by atoms with Crippen LogP contribution in [0.2, 0.25) is 0 Å². The van der Waals surface area contributed by atoms with Crippen LogP contribution in [0.4, 0.5) is 13.2 Å². The van der Waals surface area contributed by atoms with Gasteiger partial charge in [0.1, 0.15) is 0 Å². The number of rotatable bonds is 5. The zero-order valence-electron chi connectivity index (χ0n) is 19.4. The average molecular weight is 580 g/mol. The molecular formula is C25H29F3N2O2RuS. The first-order chi connectivity index (χ1) is 15.3. The Hall–Kier alpha value is -2.06. The van der Waals surface area contributed by atoms with Gasteiger partial charge in [0.05, 0.1) is 12.1 Å². The maximum Gasteiger partial charge on any atom is 0.511 e. The van der Waals surface area contributed by atoms with E-state index in [1.807, 2.05) is 0 Å². The second-order valence-corrected chi connectivity index (χ2v) is 9.62. The minimum atomic E-state index is -5.53. The molecule has 3 aromatic carbocycles. The first-order valence-electron chi connectivity index (χ1n) is 10.3. The number of sulfonamides is 1. The van der Waals surface area contributed by atoms with Gasteiger partial charge in [-0.2, -0.15) is 17.9 Å². The van der Waals surface area contributed by atoms with Crippen molar-refractivity contribution in [1.82, 2.24) is 4.72 Å². The number of hydrogen-bond donors (Lipinski definition) is 2. The van der Waals surface area contributed by atoms with Gasteiger partial charge in [-0.15, -0.1) is 0 Å². The van der Waals surface area contributed by atoms with Crippen molar-refractivity contribution < 1.29 is 41.1 Å². The maximum absolute atomic E-state index is 12.7. The summed E-state index contributed by atoms with van der Waals surface area (Å²) in [5, 5.41) is 0. The topological polar surface area (TPSA) is 72.2 Å². The standard InChI is InChI=1S/C15H15F3N2O2S.C10H14.Ru/c16-15(17,18)23(21,22)20-14(12-9-5-2-6-10-12)13(19)11-7-3-1-4-8-11;1-7-5-9(3)10(4)6-8(7)2;/h1-10,13-14,20H,19H2;5-6H,1-4H3;/t13-,14-;;/m0../s1. The Morgan fingerprint density at radius 3 is 1.44 bits per heavy atom. The Labute approximate surface area is 212 Å². The molecule has 0 aromatic heterocycles. The summed E-state index contributed by atoms with van der Waals surface area (Å²) in [5.41, 5.74) is 7.05. The van der Waals surface area contributed by atoms with E-state index in [-0.39, 0.29) is 19.5 Å². The van der Waals surface area contributed by atoms with Gasteiger partial charge in [-0.05, 0) is 61.1 Å². The first-order valence-corrected chi connectivity index (χ1v) is 11.8. The molecule has 0 bridgehead atoms. The number of aryl methyl sites for hydroxylation is 4. The van der Waals surface area contributed by atoms with Crippen molar-refractivity contribution in [2.75, 3.05) is 0 Å². The molecule has 0 saturated carbocycles. The quantitative estimate of drug-likeness (QED) is 0.376. The van der Waals surface area contributed by atoms with E-state index < -0.39 is 27.6 Å². The van der Waals surface area contributed by atoms with Crippen LogP contribution in [-0.4, -0.2) is 13.9 Å². The van der Waals surface area contributed by atoms with Gasteiger partial charge in [0.25, 0.3) is 0 Å². The van der Waals surface area contributed by atoms with Gasteiger partial charge in [0.15, 0.2) is 0 Å². The van der Waals surface area contributed by atoms with E-state index in [4.69, 9.17) is 5.73 Å². The van der Waals surface area contributed by atoms with Crippen LogP contribution in [0.3, 0.4) is 0 Å². The minimum absolute atomic E-state index is 0. The summed E-state index contributed by atoms with van der Waals surface area (Å²) in [4.78, 5) is 0. The molecule has 4 nitrogen and oxygen atoms in total. The van der Waals surface area contributed by atoms with Crippen molar-refractivity contribution in [2.24, 2.45) is 5.73 Å². The fraction of sp³-hybridized carbons (Fsp3) is 0.280. The van der Waals surface area contributed by atoms with Gasteiger partial charge >= 0.3 is 15.5 Å². The Balaban J connectivity index is 0.000000442. The molecule has 0 saturated heterocycles. The summed E-state index contributed by atoms with van der Waals surface area (Å²) in [5.74, 6) is 0. The summed E-state index contributed by atoms with van der Waals surface area (Å²) in [7, 11) is -5.53. The number of halogens is 3. The molecule has 9 heteroatoms. The van der Waals surface area contributed by atoms with Crippen LogP contribution in [0, 0.1) is 27.7 Å². The molecule has 0 heterocycles. The molecule has 0 radical (unpaired) electrons. The maximum atomic E-state index is 12.7. The van der Waals surface area contributed by atoms with Gasteiger partial charge in [-0.1, -0.05) is 72.8 Å². The average Bonchev–Trinajstić information content (AvgIpc) is 2.76. The predicted molar refractivity (Wildman–Crippen MR) is 126 cm³/mol. The van der Waals surface area contributed by atoms with E-state index in [1.165, 1.54) is 34.4 Å². The van der Waals surface area contributed by atoms with Crippen LogP contribution in [0.15, 0.2) is 72.8 Å². The number of nitrogens with one attached hydrogen (secondary N) is 1. The summed E-state index contributed by atoms with van der Waals surface area (Å²) in [6.07, 6.45) is 0. The first kappa shape index (κ1) is 30.0. The third-order valence-corrected chi connectivity index (χ3v) is 6.57. The molecule has 3 aromatic rings. The smallest absolute Gasteiger partial charge is 0.322 e. The molecule has 0 aliphatic heterocycles. The van der Waals surface area contributed by atoms with E-state index in [1.54, 1.807) is 53.3 Å². The van der Waals surface area contributed by atoms with Gasteiger partial charge in [0, 0.05) is 19.5 Å². The Kier molecular flexibility index (Phi) is 11.1. The van der Waals surface area contributed by atoms with Crippen LogP contribution in [0.1, 0.15) is 45.5 Å². The van der Waals surface area contributed by atoms with Crippen molar-refractivity contribution in [2.45, 2.75) is 45.3 Å². The molecule has 0 aliphatic rings. The van der Waals surface area contributed by atoms with Crippen LogP contribution in [0.5, 0.6) is 0 Å². The largest absolute Gasteiger partial charge is 0.511 e. The SMILES string of the molecule is Cc1cc(C)c(C)cc1C.N[C@@H](c1ccccc1)[C@@H](NS(=O)(=O)C(F)(F)F)c1ccccc1.[Ru]. The second-order valence-electron chi connectivity index (χ2n) is 7.91. The van der Waals surface area contributed by atoms with Crippen LogP contribution >= 0.6 is 0 Å².